The number of fused-ring (bicyclic) bond motifs is 2. The maximum absolute atomic E-state index is 2.53. The summed E-state index contributed by atoms with van der Waals surface area (Å²) in [6.07, 6.45) is 6.18. The van der Waals surface area contributed by atoms with Crippen molar-refractivity contribution < 1.29 is 48.0 Å². The van der Waals surface area contributed by atoms with Gasteiger partial charge in [0.05, 0.1) is 0 Å². The van der Waals surface area contributed by atoms with Crippen molar-refractivity contribution in [1.82, 2.24) is 0 Å². The third-order valence-electron chi connectivity index (χ3n) is 5.76. The maximum atomic E-state index is 2.53. The van der Waals surface area contributed by atoms with Gasteiger partial charge in [0, 0.05) is 0 Å². The van der Waals surface area contributed by atoms with E-state index in [0.717, 1.165) is 0 Å². The van der Waals surface area contributed by atoms with Crippen molar-refractivity contribution in [2.75, 3.05) is 0 Å². The number of hydrogen-bond donors (Lipinski definition) is 0. The van der Waals surface area contributed by atoms with Gasteiger partial charge in [-0.1, -0.05) is 0 Å². The molecule has 0 spiro atoms. The Balaban J connectivity index is 0.00000112. The molecular weight excluding hydrogens is 481 g/mol. The molecule has 3 aromatic rings. The molecule has 28 heavy (non-hydrogen) atoms. The van der Waals surface area contributed by atoms with E-state index < -0.39 is 23.2 Å². The van der Waals surface area contributed by atoms with E-state index in [1.807, 2.05) is 0 Å². The topological polar surface area (TPSA) is 0 Å². The third-order valence-corrected chi connectivity index (χ3v) is 13.2. The Morgan fingerprint density at radius 1 is 0.929 bits per heavy atom. The first kappa shape index (κ1) is 21.9. The molecule has 0 saturated carbocycles. The summed E-state index contributed by atoms with van der Waals surface area (Å²) >= 11 is -0.706. The molecule has 140 valence electrons. The molecule has 0 fully saturated rings. The maximum Gasteiger partial charge on any atom is -1.00 e. The van der Waals surface area contributed by atoms with Gasteiger partial charge >= 0.3 is 169 Å². The SMILES string of the molecule is CC1=CC[C]([Zr+2][CH]2C(p3ccc4ccccc43)=Cc3ccccc32)=C1C.[Cl-].[Cl-]. The standard InChI is InChI=1S/C17H12P.C7H9.2ClH.Zr/c1-2-7-15-12-16(11-14(15)6-1)18-10-9-13-5-3-4-8-17(13)18;1-6-4-3-5-7(6)2;;;/h1-12H;4H,3H2,1-2H3;2*1H;/q;;;;+2/p-2. The molecule has 2 atom stereocenters. The van der Waals surface area contributed by atoms with Gasteiger partial charge in [0.25, 0.3) is 0 Å². The van der Waals surface area contributed by atoms with E-state index in [1.54, 1.807) is 24.8 Å². The Kier molecular flexibility index (Phi) is 6.94. The minimum Gasteiger partial charge on any atom is -1.00 e. The average molecular weight is 503 g/mol. The smallest absolute Gasteiger partial charge is 1.00 e. The van der Waals surface area contributed by atoms with Crippen LogP contribution in [0.3, 0.4) is 0 Å². The fraction of sp³-hybridized carbons (Fsp3) is 0.167. The van der Waals surface area contributed by atoms with Crippen molar-refractivity contribution in [3.05, 3.63) is 92.0 Å². The number of halogens is 2. The summed E-state index contributed by atoms with van der Waals surface area (Å²) in [5, 5.41) is 4.68. The molecule has 1 aromatic heterocycles. The van der Waals surface area contributed by atoms with E-state index in [4.69, 9.17) is 0 Å². The number of allylic oxidation sites excluding steroid dienone is 5. The summed E-state index contributed by atoms with van der Waals surface area (Å²) < 4.78 is 2.49. The van der Waals surface area contributed by atoms with Gasteiger partial charge in [0.2, 0.25) is 0 Å². The van der Waals surface area contributed by atoms with Crippen molar-refractivity contribution in [3.63, 3.8) is 0 Å². The van der Waals surface area contributed by atoms with Crippen LogP contribution in [0.25, 0.3) is 21.9 Å². The first-order valence-electron chi connectivity index (χ1n) is 9.23. The first-order valence-corrected chi connectivity index (χ1v) is 13.3. The average Bonchev–Trinajstić information content (AvgIpc) is 3.34. The van der Waals surface area contributed by atoms with Crippen LogP contribution in [0.2, 0.25) is 0 Å². The largest absolute Gasteiger partial charge is 1.00 e. The van der Waals surface area contributed by atoms with Gasteiger partial charge in [-0.05, 0) is 0 Å². The zero-order chi connectivity index (χ0) is 17.7. The van der Waals surface area contributed by atoms with Crippen LogP contribution in [0.4, 0.5) is 0 Å². The van der Waals surface area contributed by atoms with Crippen molar-refractivity contribution in [3.8, 4) is 0 Å². The van der Waals surface area contributed by atoms with E-state index in [2.05, 4.69) is 86.4 Å². The predicted octanol–water partition coefficient (Wildman–Crippen LogP) is 1.59. The van der Waals surface area contributed by atoms with Crippen LogP contribution in [0.15, 0.2) is 80.9 Å². The first-order chi connectivity index (χ1) is 12.7. The molecule has 0 bridgehead atoms. The molecule has 2 aliphatic carbocycles. The summed E-state index contributed by atoms with van der Waals surface area (Å²) in [7, 11) is -0.310. The molecule has 0 nitrogen and oxygen atoms in total. The van der Waals surface area contributed by atoms with Crippen LogP contribution >= 0.6 is 7.53 Å². The fourth-order valence-corrected chi connectivity index (χ4v) is 11.8. The van der Waals surface area contributed by atoms with Gasteiger partial charge in [0.15, 0.2) is 0 Å². The van der Waals surface area contributed by atoms with Gasteiger partial charge in [-0.15, -0.1) is 0 Å². The second kappa shape index (κ2) is 8.89. The summed E-state index contributed by atoms with van der Waals surface area (Å²) in [5.74, 6) is 2.49. The molecule has 0 radical (unpaired) electrons. The number of benzene rings is 2. The Morgan fingerprint density at radius 3 is 2.46 bits per heavy atom. The molecule has 1 heterocycles. The third kappa shape index (κ3) is 3.68. The minimum atomic E-state index is -0.706. The summed E-state index contributed by atoms with van der Waals surface area (Å²) in [4.78, 5) is 0. The minimum absolute atomic E-state index is 0. The van der Waals surface area contributed by atoms with Crippen molar-refractivity contribution in [1.29, 1.82) is 0 Å². The van der Waals surface area contributed by atoms with E-state index in [-0.39, 0.29) is 32.3 Å². The van der Waals surface area contributed by atoms with Crippen LogP contribution < -0.4 is 24.8 Å². The quantitative estimate of drug-likeness (QED) is 0.511. The molecule has 0 saturated heterocycles. The predicted molar refractivity (Wildman–Crippen MR) is 111 cm³/mol. The van der Waals surface area contributed by atoms with Crippen molar-refractivity contribution in [2.24, 2.45) is 0 Å². The van der Waals surface area contributed by atoms with Crippen LogP contribution in [-0.4, -0.2) is 0 Å². The molecular formula is C24H21Cl2PZr. The van der Waals surface area contributed by atoms with Crippen molar-refractivity contribution in [2.45, 2.75) is 23.9 Å². The van der Waals surface area contributed by atoms with Gasteiger partial charge in [-0.2, -0.15) is 0 Å². The van der Waals surface area contributed by atoms with Crippen LogP contribution in [0.1, 0.15) is 35.0 Å². The Morgan fingerprint density at radius 2 is 1.68 bits per heavy atom. The monoisotopic (exact) mass is 500 g/mol. The van der Waals surface area contributed by atoms with E-state index in [9.17, 15) is 0 Å². The second-order valence-electron chi connectivity index (χ2n) is 7.21. The Hall–Kier alpha value is -0.837. The molecule has 2 aliphatic rings. The van der Waals surface area contributed by atoms with Crippen LogP contribution in [0.5, 0.6) is 0 Å². The van der Waals surface area contributed by atoms with E-state index >= 15 is 0 Å². The van der Waals surface area contributed by atoms with Gasteiger partial charge in [-0.3, -0.25) is 0 Å². The van der Waals surface area contributed by atoms with Crippen molar-refractivity contribution >= 4 is 29.4 Å². The summed E-state index contributed by atoms with van der Waals surface area (Å²) in [6, 6.07) is 20.4. The Bertz CT molecular complexity index is 1120. The molecule has 0 N–H and O–H groups in total. The molecule has 2 unspecified atom stereocenters. The van der Waals surface area contributed by atoms with Gasteiger partial charge < -0.3 is 24.8 Å². The van der Waals surface area contributed by atoms with E-state index in [0.29, 0.717) is 3.63 Å². The molecule has 0 amide bonds. The number of rotatable bonds is 3. The molecule has 2 aromatic carbocycles. The van der Waals surface area contributed by atoms with E-state index in [1.165, 1.54) is 22.9 Å². The summed E-state index contributed by atoms with van der Waals surface area (Å²) in [5.41, 5.74) is 6.17. The zero-order valence-electron chi connectivity index (χ0n) is 15.9. The second-order valence-corrected chi connectivity index (χ2v) is 12.9. The van der Waals surface area contributed by atoms with Gasteiger partial charge in [-0.25, -0.2) is 0 Å². The number of hydrogen-bond acceptors (Lipinski definition) is 0. The van der Waals surface area contributed by atoms with Crippen LogP contribution in [-0.2, 0) is 23.2 Å². The fourth-order valence-electron chi connectivity index (χ4n) is 4.12. The normalized spacial score (nSPS) is 18.1. The Labute approximate surface area is 192 Å². The zero-order valence-corrected chi connectivity index (χ0v) is 20.8. The molecule has 0 aliphatic heterocycles. The molecule has 5 rings (SSSR count). The summed E-state index contributed by atoms with van der Waals surface area (Å²) in [6.45, 7) is 4.62. The molecule has 4 heteroatoms. The van der Waals surface area contributed by atoms with Crippen LogP contribution in [0, 0.1) is 0 Å². The van der Waals surface area contributed by atoms with Gasteiger partial charge in [0.1, 0.15) is 0 Å².